The third-order valence-electron chi connectivity index (χ3n) is 3.12. The molecule has 1 aliphatic heterocycles. The quantitative estimate of drug-likeness (QED) is 0.291. The van der Waals surface area contributed by atoms with E-state index in [1.165, 1.54) is 0 Å². The van der Waals surface area contributed by atoms with Gasteiger partial charge in [-0.25, -0.2) is 0 Å². The molecule has 7 heteroatoms. The van der Waals surface area contributed by atoms with Gasteiger partial charge in [-0.05, 0) is 18.8 Å². The van der Waals surface area contributed by atoms with Crippen molar-refractivity contribution in [3.8, 4) is 0 Å². The number of hydrogen-bond acceptors (Lipinski definition) is 4. The highest BCUT2D eigenvalue weighted by molar-refractivity contribution is 7.85. The van der Waals surface area contributed by atoms with Gasteiger partial charge in [-0.2, -0.15) is 0 Å². The molecule has 0 aromatic carbocycles. The average molecular weight is 275 g/mol. The first-order valence-corrected chi connectivity index (χ1v) is 7.57. The van der Waals surface area contributed by atoms with Crippen LogP contribution in [0.2, 0.25) is 0 Å². The molecule has 0 bridgehead atoms. The fourth-order valence-corrected chi connectivity index (χ4v) is 3.37. The second-order valence-electron chi connectivity index (χ2n) is 4.88. The molecule has 4 N–H and O–H groups in total. The van der Waals surface area contributed by atoms with Crippen molar-refractivity contribution in [3.05, 3.63) is 0 Å². The monoisotopic (exact) mass is 275 g/mol. The molecular weight excluding hydrogens is 254 g/mol. The maximum absolute atomic E-state index is 12.1. The van der Waals surface area contributed by atoms with Gasteiger partial charge in [-0.3, -0.25) is 9.00 Å². The van der Waals surface area contributed by atoms with Crippen molar-refractivity contribution in [1.29, 1.82) is 0 Å². The number of hydrogen-bond donors (Lipinski definition) is 3. The minimum Gasteiger partial charge on any atom is -0.409 e. The summed E-state index contributed by atoms with van der Waals surface area (Å²) in [5, 5.41) is 14.5. The van der Waals surface area contributed by atoms with E-state index in [0.29, 0.717) is 11.5 Å². The standard InChI is InChI=1S/C11H21N3O3S/c1-7(2)9(10(12)14-16)11(15)13-8-3-5-18(17)6-4-8/h7-9,16H,3-6H2,1-2H3,(H2,12,14)(H,13,15). The summed E-state index contributed by atoms with van der Waals surface area (Å²) in [7, 11) is -0.745. The van der Waals surface area contributed by atoms with Gasteiger partial charge in [-0.1, -0.05) is 19.0 Å². The normalized spacial score (nSPS) is 26.9. The zero-order valence-electron chi connectivity index (χ0n) is 10.8. The topological polar surface area (TPSA) is 105 Å². The Labute approximate surface area is 109 Å². The summed E-state index contributed by atoms with van der Waals surface area (Å²) in [4.78, 5) is 12.1. The largest absolute Gasteiger partial charge is 0.409 e. The Morgan fingerprint density at radius 3 is 2.44 bits per heavy atom. The van der Waals surface area contributed by atoms with Crippen LogP contribution in [0.15, 0.2) is 5.16 Å². The number of amides is 1. The number of amidine groups is 1. The first-order valence-electron chi connectivity index (χ1n) is 6.08. The molecule has 1 aliphatic rings. The molecule has 6 nitrogen and oxygen atoms in total. The summed E-state index contributed by atoms with van der Waals surface area (Å²) in [5.41, 5.74) is 5.54. The summed E-state index contributed by atoms with van der Waals surface area (Å²) in [5.74, 6) is 0.294. The van der Waals surface area contributed by atoms with Crippen LogP contribution in [0.4, 0.5) is 0 Å². The van der Waals surface area contributed by atoms with E-state index >= 15 is 0 Å². The molecule has 1 rings (SSSR count). The molecule has 1 saturated heterocycles. The number of carbonyl (C=O) groups is 1. The lowest BCUT2D eigenvalue weighted by Crippen LogP contribution is -2.47. The highest BCUT2D eigenvalue weighted by Crippen LogP contribution is 2.14. The van der Waals surface area contributed by atoms with Crippen LogP contribution in [0.25, 0.3) is 0 Å². The van der Waals surface area contributed by atoms with E-state index < -0.39 is 16.7 Å². The minimum absolute atomic E-state index is 0.0429. The highest BCUT2D eigenvalue weighted by Gasteiger charge is 2.29. The molecule has 0 spiro atoms. The maximum Gasteiger partial charge on any atom is 0.231 e. The van der Waals surface area contributed by atoms with Crippen molar-refractivity contribution < 1.29 is 14.2 Å². The third kappa shape index (κ3) is 3.97. The lowest BCUT2D eigenvalue weighted by atomic mass is 9.93. The van der Waals surface area contributed by atoms with Crippen LogP contribution in [0.3, 0.4) is 0 Å². The smallest absolute Gasteiger partial charge is 0.231 e. The van der Waals surface area contributed by atoms with E-state index in [9.17, 15) is 9.00 Å². The van der Waals surface area contributed by atoms with E-state index in [1.807, 2.05) is 13.8 Å². The Morgan fingerprint density at radius 1 is 1.44 bits per heavy atom. The van der Waals surface area contributed by atoms with Gasteiger partial charge in [-0.15, -0.1) is 0 Å². The summed E-state index contributed by atoms with van der Waals surface area (Å²) in [6.07, 6.45) is 1.44. The van der Waals surface area contributed by atoms with Gasteiger partial charge >= 0.3 is 0 Å². The SMILES string of the molecule is CC(C)C(C(=O)NC1CCS(=O)CC1)C(N)=NO. The van der Waals surface area contributed by atoms with Crippen LogP contribution in [-0.4, -0.2) is 38.7 Å². The number of rotatable bonds is 4. The van der Waals surface area contributed by atoms with Crippen LogP contribution < -0.4 is 11.1 Å². The number of nitrogens with zero attached hydrogens (tertiary/aromatic N) is 1. The summed E-state index contributed by atoms with van der Waals surface area (Å²) < 4.78 is 11.2. The molecule has 0 saturated carbocycles. The van der Waals surface area contributed by atoms with E-state index in [2.05, 4.69) is 10.5 Å². The molecule has 1 fully saturated rings. The molecule has 0 radical (unpaired) electrons. The summed E-state index contributed by atoms with van der Waals surface area (Å²) in [6.45, 7) is 3.69. The zero-order valence-corrected chi connectivity index (χ0v) is 11.6. The first kappa shape index (κ1) is 14.9. The van der Waals surface area contributed by atoms with E-state index in [-0.39, 0.29) is 23.7 Å². The average Bonchev–Trinajstić information content (AvgIpc) is 2.31. The first-order chi connectivity index (χ1) is 8.45. The van der Waals surface area contributed by atoms with E-state index in [1.54, 1.807) is 0 Å². The minimum atomic E-state index is -0.745. The Balaban J connectivity index is 2.59. The Morgan fingerprint density at radius 2 is 2.00 bits per heavy atom. The highest BCUT2D eigenvalue weighted by atomic mass is 32.2. The molecule has 1 unspecified atom stereocenters. The molecule has 1 heterocycles. The Kier molecular flexibility index (Phi) is 5.58. The molecule has 0 aliphatic carbocycles. The van der Waals surface area contributed by atoms with Crippen molar-refractivity contribution in [2.75, 3.05) is 11.5 Å². The van der Waals surface area contributed by atoms with E-state index in [4.69, 9.17) is 10.9 Å². The Bertz CT molecular complexity index is 347. The summed E-state index contributed by atoms with van der Waals surface area (Å²) in [6, 6.07) is 0.0444. The van der Waals surface area contributed by atoms with Gasteiger partial charge < -0.3 is 16.3 Å². The third-order valence-corrected chi connectivity index (χ3v) is 4.50. The van der Waals surface area contributed by atoms with Crippen molar-refractivity contribution in [2.45, 2.75) is 32.7 Å². The molecule has 0 aromatic rings. The predicted octanol–water partition coefficient (Wildman–Crippen LogP) is 0.0323. The van der Waals surface area contributed by atoms with Crippen molar-refractivity contribution in [3.63, 3.8) is 0 Å². The van der Waals surface area contributed by atoms with Gasteiger partial charge in [0, 0.05) is 28.3 Å². The van der Waals surface area contributed by atoms with E-state index in [0.717, 1.165) is 12.8 Å². The number of nitrogens with one attached hydrogen (secondary N) is 1. The van der Waals surface area contributed by atoms with Crippen LogP contribution in [0.1, 0.15) is 26.7 Å². The van der Waals surface area contributed by atoms with Gasteiger partial charge in [0.1, 0.15) is 5.92 Å². The lowest BCUT2D eigenvalue weighted by molar-refractivity contribution is -0.124. The fraction of sp³-hybridized carbons (Fsp3) is 0.818. The molecule has 1 atom stereocenters. The van der Waals surface area contributed by atoms with Gasteiger partial charge in [0.2, 0.25) is 5.91 Å². The van der Waals surface area contributed by atoms with Gasteiger partial charge in [0.25, 0.3) is 0 Å². The lowest BCUT2D eigenvalue weighted by Gasteiger charge is -2.26. The van der Waals surface area contributed by atoms with Crippen molar-refractivity contribution in [2.24, 2.45) is 22.7 Å². The maximum atomic E-state index is 12.1. The number of nitrogens with two attached hydrogens (primary N) is 1. The fourth-order valence-electron chi connectivity index (χ4n) is 2.07. The second-order valence-corrected chi connectivity index (χ2v) is 6.57. The van der Waals surface area contributed by atoms with Crippen LogP contribution in [0.5, 0.6) is 0 Å². The van der Waals surface area contributed by atoms with Crippen LogP contribution >= 0.6 is 0 Å². The summed E-state index contributed by atoms with van der Waals surface area (Å²) >= 11 is 0. The molecular formula is C11H21N3O3S. The van der Waals surface area contributed by atoms with Gasteiger partial charge in [0.05, 0.1) is 0 Å². The zero-order chi connectivity index (χ0) is 13.7. The molecule has 0 aromatic heterocycles. The molecule has 18 heavy (non-hydrogen) atoms. The van der Waals surface area contributed by atoms with Crippen LogP contribution in [-0.2, 0) is 15.6 Å². The van der Waals surface area contributed by atoms with Crippen LogP contribution in [0, 0.1) is 11.8 Å². The Hall–Kier alpha value is -1.11. The molecule has 1 amide bonds. The van der Waals surface area contributed by atoms with Crippen molar-refractivity contribution in [1.82, 2.24) is 5.32 Å². The van der Waals surface area contributed by atoms with Crippen molar-refractivity contribution >= 4 is 22.5 Å². The number of oxime groups is 1. The second kappa shape index (κ2) is 6.72. The predicted molar refractivity (Wildman–Crippen MR) is 70.8 cm³/mol. The number of carbonyl (C=O) groups excluding carboxylic acids is 1. The van der Waals surface area contributed by atoms with Gasteiger partial charge in [0.15, 0.2) is 5.84 Å². The molecule has 104 valence electrons.